The normalized spacial score (nSPS) is 10.7. The number of carbonyl (C=O) groups excluding carboxylic acids is 1. The summed E-state index contributed by atoms with van der Waals surface area (Å²) in [4.78, 5) is 14.9. The van der Waals surface area contributed by atoms with Crippen molar-refractivity contribution >= 4 is 5.91 Å². The highest BCUT2D eigenvalue weighted by atomic mass is 16.2. The smallest absolute Gasteiger partial charge is 0.225 e. The van der Waals surface area contributed by atoms with Crippen LogP contribution in [-0.2, 0) is 17.8 Å². The Morgan fingerprint density at radius 2 is 1.39 bits per heavy atom. The van der Waals surface area contributed by atoms with Crippen molar-refractivity contribution in [3.63, 3.8) is 0 Å². The number of rotatable bonds is 8. The third-order valence-electron chi connectivity index (χ3n) is 4.38. The van der Waals surface area contributed by atoms with Gasteiger partial charge < -0.3 is 4.90 Å². The Kier molecular flexibility index (Phi) is 6.86. The summed E-state index contributed by atoms with van der Waals surface area (Å²) < 4.78 is 0. The molecule has 122 valence electrons. The van der Waals surface area contributed by atoms with E-state index in [-0.39, 0.29) is 11.8 Å². The van der Waals surface area contributed by atoms with Gasteiger partial charge in [-0.2, -0.15) is 0 Å². The van der Waals surface area contributed by atoms with Crippen LogP contribution in [0.15, 0.2) is 60.7 Å². The number of carbonyl (C=O) groups is 1. The van der Waals surface area contributed by atoms with E-state index >= 15 is 0 Å². The van der Waals surface area contributed by atoms with Crippen LogP contribution in [0.5, 0.6) is 0 Å². The van der Waals surface area contributed by atoms with Crippen LogP contribution in [0.1, 0.15) is 37.8 Å². The molecule has 0 bridgehead atoms. The van der Waals surface area contributed by atoms with Crippen LogP contribution in [0.4, 0.5) is 0 Å². The fourth-order valence-corrected chi connectivity index (χ4v) is 2.88. The molecule has 0 aliphatic heterocycles. The first kappa shape index (κ1) is 17.3. The Labute approximate surface area is 140 Å². The molecule has 0 unspecified atom stereocenters. The standard InChI is InChI=1S/C21H27NO/c1-3-20(4-2)21(23)22(17-19-13-9-6-10-14-19)16-15-18-11-7-5-8-12-18/h5-14,20H,3-4,15-17H2,1-2H3. The molecule has 0 saturated carbocycles. The summed E-state index contributed by atoms with van der Waals surface area (Å²) >= 11 is 0. The van der Waals surface area contributed by atoms with Crippen molar-refractivity contribution in [1.82, 2.24) is 4.90 Å². The van der Waals surface area contributed by atoms with Gasteiger partial charge in [0.15, 0.2) is 0 Å². The number of nitrogens with zero attached hydrogens (tertiary/aromatic N) is 1. The number of hydrogen-bond donors (Lipinski definition) is 0. The highest BCUT2D eigenvalue weighted by molar-refractivity contribution is 5.78. The summed E-state index contributed by atoms with van der Waals surface area (Å²) in [6.07, 6.45) is 2.72. The van der Waals surface area contributed by atoms with Crippen LogP contribution in [0.3, 0.4) is 0 Å². The second-order valence-electron chi connectivity index (χ2n) is 5.99. The number of amides is 1. The van der Waals surface area contributed by atoms with Crippen LogP contribution in [0, 0.1) is 5.92 Å². The van der Waals surface area contributed by atoms with Gasteiger partial charge in [-0.3, -0.25) is 4.79 Å². The Balaban J connectivity index is 2.08. The SMILES string of the molecule is CCC(CC)C(=O)N(CCc1ccccc1)Cc1ccccc1. The number of benzene rings is 2. The van der Waals surface area contributed by atoms with E-state index in [2.05, 4.69) is 50.2 Å². The lowest BCUT2D eigenvalue weighted by Gasteiger charge is -2.27. The van der Waals surface area contributed by atoms with Crippen molar-refractivity contribution in [2.75, 3.05) is 6.54 Å². The van der Waals surface area contributed by atoms with Gasteiger partial charge in [0.2, 0.25) is 5.91 Å². The summed E-state index contributed by atoms with van der Waals surface area (Å²) in [6.45, 7) is 5.67. The van der Waals surface area contributed by atoms with Crippen molar-refractivity contribution in [3.8, 4) is 0 Å². The van der Waals surface area contributed by atoms with E-state index in [9.17, 15) is 4.79 Å². The zero-order valence-corrected chi connectivity index (χ0v) is 14.2. The second-order valence-corrected chi connectivity index (χ2v) is 5.99. The average Bonchev–Trinajstić information content (AvgIpc) is 2.61. The summed E-state index contributed by atoms with van der Waals surface area (Å²) in [6, 6.07) is 20.7. The van der Waals surface area contributed by atoms with Crippen molar-refractivity contribution in [2.24, 2.45) is 5.92 Å². The molecule has 0 heterocycles. The predicted molar refractivity (Wildman–Crippen MR) is 96.1 cm³/mol. The molecule has 2 aromatic carbocycles. The van der Waals surface area contributed by atoms with Gasteiger partial charge >= 0.3 is 0 Å². The molecule has 0 aliphatic carbocycles. The second kappa shape index (κ2) is 9.14. The van der Waals surface area contributed by atoms with Crippen molar-refractivity contribution < 1.29 is 4.79 Å². The maximum Gasteiger partial charge on any atom is 0.225 e. The van der Waals surface area contributed by atoms with Gasteiger partial charge in [-0.15, -0.1) is 0 Å². The maximum atomic E-state index is 12.9. The Hall–Kier alpha value is -2.09. The van der Waals surface area contributed by atoms with E-state index in [4.69, 9.17) is 0 Å². The Bertz CT molecular complexity index is 575. The first-order chi connectivity index (χ1) is 11.2. The minimum atomic E-state index is 0.134. The molecule has 23 heavy (non-hydrogen) atoms. The van der Waals surface area contributed by atoms with Gasteiger partial charge in [-0.25, -0.2) is 0 Å². The van der Waals surface area contributed by atoms with Crippen molar-refractivity contribution in [1.29, 1.82) is 0 Å². The highest BCUT2D eigenvalue weighted by Gasteiger charge is 2.21. The van der Waals surface area contributed by atoms with Crippen molar-refractivity contribution in [2.45, 2.75) is 39.7 Å². The number of hydrogen-bond acceptors (Lipinski definition) is 1. The zero-order valence-electron chi connectivity index (χ0n) is 14.2. The molecule has 2 aromatic rings. The van der Waals surface area contributed by atoms with Gasteiger partial charge in [0.25, 0.3) is 0 Å². The quantitative estimate of drug-likeness (QED) is 0.692. The van der Waals surface area contributed by atoms with E-state index in [1.165, 1.54) is 11.1 Å². The zero-order chi connectivity index (χ0) is 16.5. The third kappa shape index (κ3) is 5.24. The molecular formula is C21H27NO. The van der Waals surface area contributed by atoms with Crippen LogP contribution in [0.2, 0.25) is 0 Å². The third-order valence-corrected chi connectivity index (χ3v) is 4.38. The lowest BCUT2D eigenvalue weighted by molar-refractivity contribution is -0.136. The lowest BCUT2D eigenvalue weighted by Crippen LogP contribution is -2.36. The molecule has 2 nitrogen and oxygen atoms in total. The average molecular weight is 309 g/mol. The molecule has 1 amide bonds. The summed E-state index contributed by atoms with van der Waals surface area (Å²) in [7, 11) is 0. The Morgan fingerprint density at radius 3 is 1.91 bits per heavy atom. The minimum absolute atomic E-state index is 0.134. The van der Waals surface area contributed by atoms with E-state index < -0.39 is 0 Å². The van der Waals surface area contributed by atoms with Gasteiger partial charge in [-0.1, -0.05) is 74.5 Å². The molecule has 0 N–H and O–H groups in total. The molecule has 0 aliphatic rings. The topological polar surface area (TPSA) is 20.3 Å². The lowest BCUT2D eigenvalue weighted by atomic mass is 10.0. The molecule has 0 aromatic heterocycles. The molecule has 0 saturated heterocycles. The highest BCUT2D eigenvalue weighted by Crippen LogP contribution is 2.15. The first-order valence-electron chi connectivity index (χ1n) is 8.61. The van der Waals surface area contributed by atoms with Gasteiger partial charge in [0.1, 0.15) is 0 Å². The molecule has 2 heteroatoms. The molecular weight excluding hydrogens is 282 g/mol. The van der Waals surface area contributed by atoms with E-state index in [1.807, 2.05) is 29.2 Å². The van der Waals surface area contributed by atoms with Gasteiger partial charge in [0.05, 0.1) is 0 Å². The van der Waals surface area contributed by atoms with Gasteiger partial charge in [0, 0.05) is 19.0 Å². The first-order valence-corrected chi connectivity index (χ1v) is 8.61. The molecule has 0 fully saturated rings. The van der Waals surface area contributed by atoms with E-state index in [0.717, 1.165) is 25.8 Å². The molecule has 0 radical (unpaired) electrons. The van der Waals surface area contributed by atoms with Crippen LogP contribution in [-0.4, -0.2) is 17.4 Å². The van der Waals surface area contributed by atoms with E-state index in [1.54, 1.807) is 0 Å². The van der Waals surface area contributed by atoms with Crippen molar-refractivity contribution in [3.05, 3.63) is 71.8 Å². The fraction of sp³-hybridized carbons (Fsp3) is 0.381. The van der Waals surface area contributed by atoms with Crippen LogP contribution >= 0.6 is 0 Å². The van der Waals surface area contributed by atoms with Crippen LogP contribution < -0.4 is 0 Å². The molecule has 0 atom stereocenters. The summed E-state index contributed by atoms with van der Waals surface area (Å²) in [5.41, 5.74) is 2.47. The summed E-state index contributed by atoms with van der Waals surface area (Å²) in [5, 5.41) is 0. The molecule has 0 spiro atoms. The minimum Gasteiger partial charge on any atom is -0.338 e. The monoisotopic (exact) mass is 309 g/mol. The van der Waals surface area contributed by atoms with Crippen LogP contribution in [0.25, 0.3) is 0 Å². The van der Waals surface area contributed by atoms with Gasteiger partial charge in [-0.05, 0) is 30.4 Å². The predicted octanol–water partition coefficient (Wildman–Crippen LogP) is 4.69. The largest absolute Gasteiger partial charge is 0.338 e. The maximum absolute atomic E-state index is 12.9. The summed E-state index contributed by atoms with van der Waals surface area (Å²) in [5.74, 6) is 0.421. The van der Waals surface area contributed by atoms with E-state index in [0.29, 0.717) is 6.54 Å². The Morgan fingerprint density at radius 1 is 0.870 bits per heavy atom. The fourth-order valence-electron chi connectivity index (χ4n) is 2.88. The molecule has 2 rings (SSSR count).